The van der Waals surface area contributed by atoms with E-state index >= 15 is 0 Å². The van der Waals surface area contributed by atoms with Gasteiger partial charge in [-0.3, -0.25) is 10.1 Å². The van der Waals surface area contributed by atoms with Crippen molar-refractivity contribution < 1.29 is 22.8 Å². The lowest BCUT2D eigenvalue weighted by atomic mass is 10.3. The fourth-order valence-electron chi connectivity index (χ4n) is 1.32. The lowest BCUT2D eigenvalue weighted by Gasteiger charge is -2.07. The number of rotatable bonds is 2. The number of nitrogens with two attached hydrogens (primary N) is 1. The first kappa shape index (κ1) is 19.1. The SMILES string of the molecule is FC(F)(F)Oc1ccc(S)cc1.Nc1ccc(Br)cc1[N+](=O)[O-]. The van der Waals surface area contributed by atoms with E-state index in [0.717, 1.165) is 0 Å². The van der Waals surface area contributed by atoms with Gasteiger partial charge in [0.1, 0.15) is 11.4 Å². The Morgan fingerprint density at radius 2 is 1.74 bits per heavy atom. The second kappa shape index (κ2) is 8.06. The van der Waals surface area contributed by atoms with Gasteiger partial charge in [0, 0.05) is 15.4 Å². The maximum absolute atomic E-state index is 11.6. The number of nitro groups is 1. The largest absolute Gasteiger partial charge is 0.573 e. The second-order valence-corrected chi connectivity index (χ2v) is 5.43. The molecule has 0 aliphatic rings. The van der Waals surface area contributed by atoms with Gasteiger partial charge in [-0.05, 0) is 36.4 Å². The minimum atomic E-state index is -4.63. The van der Waals surface area contributed by atoms with Crippen molar-refractivity contribution in [3.8, 4) is 5.75 Å². The summed E-state index contributed by atoms with van der Waals surface area (Å²) in [5.41, 5.74) is 5.44. The molecular weight excluding hydrogens is 401 g/mol. The number of thiol groups is 1. The highest BCUT2D eigenvalue weighted by atomic mass is 79.9. The van der Waals surface area contributed by atoms with Crippen LogP contribution in [-0.4, -0.2) is 11.3 Å². The van der Waals surface area contributed by atoms with Crippen molar-refractivity contribution >= 4 is 39.9 Å². The molecule has 0 amide bonds. The average molecular weight is 411 g/mol. The predicted molar refractivity (Wildman–Crippen MR) is 85.6 cm³/mol. The molecule has 124 valence electrons. The van der Waals surface area contributed by atoms with E-state index in [1.165, 1.54) is 36.4 Å². The van der Waals surface area contributed by atoms with Crippen molar-refractivity contribution in [1.29, 1.82) is 0 Å². The molecule has 0 radical (unpaired) electrons. The molecule has 0 heterocycles. The number of alkyl halides is 3. The Balaban J connectivity index is 0.000000231. The monoisotopic (exact) mass is 410 g/mol. The third-order valence-electron chi connectivity index (χ3n) is 2.26. The van der Waals surface area contributed by atoms with Crippen LogP contribution in [0.5, 0.6) is 5.75 Å². The number of hydrogen-bond donors (Lipinski definition) is 2. The first-order valence-corrected chi connectivity index (χ1v) is 7.06. The normalized spacial score (nSPS) is 10.5. The summed E-state index contributed by atoms with van der Waals surface area (Å²) >= 11 is 7.01. The van der Waals surface area contributed by atoms with Gasteiger partial charge < -0.3 is 10.5 Å². The Labute approximate surface area is 142 Å². The Morgan fingerprint density at radius 3 is 2.17 bits per heavy atom. The van der Waals surface area contributed by atoms with Crippen molar-refractivity contribution in [2.24, 2.45) is 0 Å². The topological polar surface area (TPSA) is 78.4 Å². The Hall–Kier alpha value is -1.94. The fraction of sp³-hybridized carbons (Fsp3) is 0.0769. The van der Waals surface area contributed by atoms with Gasteiger partial charge in [-0.1, -0.05) is 15.9 Å². The number of nitrogens with zero attached hydrogens (tertiary/aromatic N) is 1. The van der Waals surface area contributed by atoms with E-state index in [0.29, 0.717) is 9.37 Å². The summed E-state index contributed by atoms with van der Waals surface area (Å²) < 4.78 is 39.1. The Morgan fingerprint density at radius 1 is 1.17 bits per heavy atom. The van der Waals surface area contributed by atoms with Gasteiger partial charge in [0.15, 0.2) is 0 Å². The molecule has 23 heavy (non-hydrogen) atoms. The summed E-state index contributed by atoms with van der Waals surface area (Å²) in [5, 5.41) is 10.3. The van der Waals surface area contributed by atoms with E-state index in [4.69, 9.17) is 5.73 Å². The van der Waals surface area contributed by atoms with Crippen LogP contribution in [0.15, 0.2) is 51.8 Å². The van der Waals surface area contributed by atoms with Gasteiger partial charge in [-0.25, -0.2) is 0 Å². The number of nitrogen functional groups attached to an aromatic ring is 1. The smallest absolute Gasteiger partial charge is 0.406 e. The third kappa shape index (κ3) is 7.24. The molecule has 2 N–H and O–H groups in total. The Bertz CT molecular complexity index is 681. The molecule has 0 saturated heterocycles. The van der Waals surface area contributed by atoms with Crippen molar-refractivity contribution in [3.63, 3.8) is 0 Å². The van der Waals surface area contributed by atoms with Crippen LogP contribution in [0.4, 0.5) is 24.5 Å². The summed E-state index contributed by atoms with van der Waals surface area (Å²) in [6.07, 6.45) is -4.63. The highest BCUT2D eigenvalue weighted by molar-refractivity contribution is 9.10. The number of anilines is 1. The van der Waals surface area contributed by atoms with E-state index < -0.39 is 11.3 Å². The zero-order chi connectivity index (χ0) is 17.6. The molecule has 0 bridgehead atoms. The molecule has 0 saturated carbocycles. The highest BCUT2D eigenvalue weighted by Crippen LogP contribution is 2.25. The third-order valence-corrected chi connectivity index (χ3v) is 3.05. The van der Waals surface area contributed by atoms with Crippen LogP contribution < -0.4 is 10.5 Å². The molecular formula is C13H10BrF3N2O3S. The number of halogens is 4. The predicted octanol–water partition coefficient (Wildman–Crippen LogP) is 4.81. The molecule has 0 fully saturated rings. The summed E-state index contributed by atoms with van der Waals surface area (Å²) in [7, 11) is 0. The molecule has 0 aliphatic heterocycles. The molecule has 5 nitrogen and oxygen atoms in total. The van der Waals surface area contributed by atoms with Crippen LogP contribution in [0.1, 0.15) is 0 Å². The standard InChI is InChI=1S/C7H5F3OS.C6H5BrN2O2/c8-7(9,10)11-5-1-3-6(12)4-2-5;7-4-1-2-5(8)6(3-4)9(10)11/h1-4,12H;1-3H,8H2. The van der Waals surface area contributed by atoms with Crippen molar-refractivity contribution in [2.75, 3.05) is 5.73 Å². The first-order chi connectivity index (χ1) is 10.6. The molecule has 0 aromatic heterocycles. The van der Waals surface area contributed by atoms with Crippen LogP contribution in [0.2, 0.25) is 0 Å². The molecule has 0 aliphatic carbocycles. The minimum Gasteiger partial charge on any atom is -0.406 e. The van der Waals surface area contributed by atoms with Gasteiger partial charge in [0.25, 0.3) is 5.69 Å². The minimum absolute atomic E-state index is 0.0700. The summed E-state index contributed by atoms with van der Waals surface area (Å²) in [4.78, 5) is 10.4. The van der Waals surface area contributed by atoms with Crippen LogP contribution in [-0.2, 0) is 0 Å². The lowest BCUT2D eigenvalue weighted by Crippen LogP contribution is -2.16. The van der Waals surface area contributed by atoms with Crippen LogP contribution >= 0.6 is 28.6 Å². The lowest BCUT2D eigenvalue weighted by molar-refractivity contribution is -0.384. The van der Waals surface area contributed by atoms with E-state index in [1.54, 1.807) is 6.07 Å². The molecule has 0 unspecified atom stereocenters. The number of benzene rings is 2. The van der Waals surface area contributed by atoms with Crippen LogP contribution in [0, 0.1) is 10.1 Å². The quantitative estimate of drug-likeness (QED) is 0.322. The van der Waals surface area contributed by atoms with Gasteiger partial charge in [0.05, 0.1) is 4.92 Å². The van der Waals surface area contributed by atoms with Crippen LogP contribution in [0.25, 0.3) is 0 Å². The van der Waals surface area contributed by atoms with E-state index in [-0.39, 0.29) is 17.1 Å². The van der Waals surface area contributed by atoms with Gasteiger partial charge in [-0.15, -0.1) is 25.8 Å². The average Bonchev–Trinajstić information content (AvgIpc) is 2.43. The highest BCUT2D eigenvalue weighted by Gasteiger charge is 2.30. The summed E-state index contributed by atoms with van der Waals surface area (Å²) in [5.74, 6) is -0.236. The number of hydrogen-bond acceptors (Lipinski definition) is 5. The van der Waals surface area contributed by atoms with E-state index in [9.17, 15) is 23.3 Å². The molecule has 2 rings (SSSR count). The zero-order valence-electron chi connectivity index (χ0n) is 11.2. The number of ether oxygens (including phenoxy) is 1. The molecule has 0 atom stereocenters. The van der Waals surface area contributed by atoms with Crippen molar-refractivity contribution in [2.45, 2.75) is 11.3 Å². The Kier molecular flexibility index (Phi) is 6.70. The van der Waals surface area contributed by atoms with Crippen molar-refractivity contribution in [1.82, 2.24) is 0 Å². The van der Waals surface area contributed by atoms with Crippen LogP contribution in [0.3, 0.4) is 0 Å². The zero-order valence-corrected chi connectivity index (χ0v) is 13.7. The number of nitro benzene ring substituents is 1. The van der Waals surface area contributed by atoms with E-state index in [1.807, 2.05) is 0 Å². The van der Waals surface area contributed by atoms with E-state index in [2.05, 4.69) is 33.3 Å². The molecule has 0 spiro atoms. The fourth-order valence-corrected chi connectivity index (χ4v) is 1.82. The molecule has 10 heteroatoms. The summed E-state index contributed by atoms with van der Waals surface area (Å²) in [6, 6.07) is 9.76. The first-order valence-electron chi connectivity index (χ1n) is 5.82. The van der Waals surface area contributed by atoms with Gasteiger partial charge in [0.2, 0.25) is 0 Å². The molecule has 2 aromatic rings. The van der Waals surface area contributed by atoms with Gasteiger partial charge in [-0.2, -0.15) is 0 Å². The maximum Gasteiger partial charge on any atom is 0.573 e. The van der Waals surface area contributed by atoms with Gasteiger partial charge >= 0.3 is 6.36 Å². The van der Waals surface area contributed by atoms with Crippen molar-refractivity contribution in [3.05, 3.63) is 57.1 Å². The second-order valence-electron chi connectivity index (χ2n) is 4.00. The summed E-state index contributed by atoms with van der Waals surface area (Å²) in [6.45, 7) is 0. The molecule has 2 aromatic carbocycles. The maximum atomic E-state index is 11.6.